The number of carboxylic acids is 2. The summed E-state index contributed by atoms with van der Waals surface area (Å²) >= 11 is 0.776. The molecule has 15 atom stereocenters. The van der Waals surface area contributed by atoms with Gasteiger partial charge in [-0.15, -0.1) is 11.8 Å². The summed E-state index contributed by atoms with van der Waals surface area (Å²) in [6, 6.07) is -3.25. The van der Waals surface area contributed by atoms with E-state index < -0.39 is 260 Å². The van der Waals surface area contributed by atoms with Gasteiger partial charge in [-0.25, -0.2) is 4.98 Å². The minimum Gasteiger partial charge on any atom is -0.508 e. The number of nitrogens with two attached hydrogens (primary N) is 2. The number of carbonyl (C=O) groups excluding carboxylic acids is 16. The molecule has 0 radical (unpaired) electrons. The average molecular weight is 1910 g/mol. The molecular weight excluding hydrogens is 1790 g/mol. The van der Waals surface area contributed by atoms with Crippen molar-refractivity contribution in [2.24, 2.45) is 11.5 Å². The zero-order valence-electron chi connectivity index (χ0n) is 76.2. The Kier molecular flexibility index (Phi) is 38.5. The summed E-state index contributed by atoms with van der Waals surface area (Å²) in [5.74, 6) is -19.9. The number of aliphatic hydroxyl groups is 2. The number of nitrogens with zero attached hydrogens (tertiary/aromatic N) is 6. The molecule has 0 bridgehead atoms. The van der Waals surface area contributed by atoms with Crippen molar-refractivity contribution >= 4 is 140 Å². The molecular formula is C91H123N21O23S. The minimum atomic E-state index is -1.93. The van der Waals surface area contributed by atoms with Crippen LogP contribution in [0.15, 0.2) is 97.7 Å². The van der Waals surface area contributed by atoms with Gasteiger partial charge in [-0.05, 0) is 112 Å². The van der Waals surface area contributed by atoms with Crippen molar-refractivity contribution in [3.05, 3.63) is 120 Å². The van der Waals surface area contributed by atoms with Crippen molar-refractivity contribution in [2.45, 2.75) is 239 Å². The van der Waals surface area contributed by atoms with Gasteiger partial charge >= 0.3 is 11.9 Å². The Morgan fingerprint density at radius 2 is 1.04 bits per heavy atom. The predicted octanol–water partition coefficient (Wildman–Crippen LogP) is -2.50. The highest BCUT2D eigenvalue weighted by molar-refractivity contribution is 8.00. The molecule has 3 aromatic heterocycles. The second kappa shape index (κ2) is 50.1. The number of rotatable bonds is 26. The lowest BCUT2D eigenvalue weighted by Crippen LogP contribution is -2.62. The van der Waals surface area contributed by atoms with Gasteiger partial charge in [0.05, 0.1) is 43.5 Å². The highest BCUT2D eigenvalue weighted by atomic mass is 32.2. The molecule has 45 heteroatoms. The third-order valence-electron chi connectivity index (χ3n) is 24.7. The Hall–Kier alpha value is -13.6. The number of hydrogen-bond acceptors (Lipinski definition) is 24. The number of thioether (sulfide) groups is 1. The number of fused-ring (bicyclic) bond motifs is 5. The number of H-pyrrole nitrogens is 3. The molecule has 136 heavy (non-hydrogen) atoms. The van der Waals surface area contributed by atoms with Gasteiger partial charge in [-0.3, -0.25) is 86.3 Å². The van der Waals surface area contributed by atoms with E-state index in [2.05, 4.69) is 73.1 Å². The number of aliphatic carboxylic acids is 2. The number of para-hydroxylation sites is 2. The molecule has 10 rings (SSSR count). The SMILES string of the molecule is CCCC[C@H]1C(=O)N(C)[C@@H](CCCC)C(=O)N[C@@H](CCCN)C(=O)N[C@H](C(=O)NCC(N)=O)CSCC(=O)N[C@@H](Cc2ccc(O)cc2)C(=O)N2CCCC[C@H]2C(=O)N[C@@H](CC(=O)O)C(=O)N2CCC[C@H]2C(=O)N[C@@H](Cc2c[nH]cn2)C(=O)N[C@@H](CCC(=O)O)C(=O)N2C[C@H](O)C[C@H]2C(=O)N[C@@H](Cc2c[nH]c3ccccc23)C(=O)N[C@@H](CO)C(=O)N[C@@H](Cc2c[nH]c3ccccc23)C(=O)N1C. The van der Waals surface area contributed by atoms with Crippen LogP contribution in [-0.4, -0.2) is 332 Å². The maximum Gasteiger partial charge on any atom is 0.305 e. The number of aromatic hydroxyl groups is 1. The number of hydrogen-bond donors (Lipinski definition) is 20. The molecule has 4 saturated heterocycles. The first kappa shape index (κ1) is 105. The largest absolute Gasteiger partial charge is 0.508 e. The average Bonchev–Trinajstić information content (AvgIpc) is 1.74. The van der Waals surface area contributed by atoms with E-state index >= 15 is 47.9 Å². The van der Waals surface area contributed by atoms with Crippen LogP contribution in [0.4, 0.5) is 0 Å². The monoisotopic (exact) mass is 1910 g/mol. The van der Waals surface area contributed by atoms with Crippen molar-refractivity contribution in [2.75, 3.05) is 64.9 Å². The number of primary amides is 1. The Morgan fingerprint density at radius 1 is 0.515 bits per heavy atom. The summed E-state index contributed by atoms with van der Waals surface area (Å²) in [5, 5.41) is 80.6. The molecule has 3 aromatic carbocycles. The first-order chi connectivity index (χ1) is 65.1. The molecule has 4 aliphatic rings. The number of amides is 16. The van der Waals surface area contributed by atoms with E-state index in [4.69, 9.17) is 11.5 Å². The number of carbonyl (C=O) groups is 18. The van der Waals surface area contributed by atoms with Crippen molar-refractivity contribution in [3.8, 4) is 5.75 Å². The van der Waals surface area contributed by atoms with E-state index in [1.54, 1.807) is 60.9 Å². The number of aromatic nitrogens is 4. The van der Waals surface area contributed by atoms with Crippen LogP contribution in [0.25, 0.3) is 21.8 Å². The van der Waals surface area contributed by atoms with Crippen LogP contribution in [0.3, 0.4) is 0 Å². The van der Waals surface area contributed by atoms with E-state index in [9.17, 15) is 63.9 Å². The molecule has 0 aliphatic carbocycles. The highest BCUT2D eigenvalue weighted by Gasteiger charge is 2.48. The lowest BCUT2D eigenvalue weighted by molar-refractivity contribution is -0.149. The number of phenolic OH excluding ortho intramolecular Hbond substituents is 1. The van der Waals surface area contributed by atoms with Crippen molar-refractivity contribution in [3.63, 3.8) is 0 Å². The summed E-state index contributed by atoms with van der Waals surface area (Å²) in [7, 11) is 2.68. The van der Waals surface area contributed by atoms with Gasteiger partial charge in [0.25, 0.3) is 0 Å². The van der Waals surface area contributed by atoms with E-state index in [-0.39, 0.29) is 95.3 Å². The number of likely N-dealkylation sites (N-methyl/N-ethyl adjacent to an activating group) is 2. The van der Waals surface area contributed by atoms with Gasteiger partial charge in [0, 0.05) is 118 Å². The van der Waals surface area contributed by atoms with Crippen LogP contribution in [0.2, 0.25) is 0 Å². The Bertz CT molecular complexity index is 5270. The second-order valence-corrected chi connectivity index (χ2v) is 35.6. The van der Waals surface area contributed by atoms with Crippen LogP contribution in [0.1, 0.15) is 145 Å². The number of unbranched alkanes of at least 4 members (excludes halogenated alkanes) is 2. The third-order valence-corrected chi connectivity index (χ3v) is 25.8. The molecule has 4 fully saturated rings. The zero-order chi connectivity index (χ0) is 98.6. The van der Waals surface area contributed by atoms with Gasteiger partial charge in [-0.1, -0.05) is 88.1 Å². The van der Waals surface area contributed by atoms with E-state index in [1.807, 2.05) is 13.8 Å². The fourth-order valence-corrected chi connectivity index (χ4v) is 18.3. The molecule has 7 heterocycles. The normalized spacial score (nSPS) is 25.1. The topological polar surface area (TPSA) is 657 Å². The van der Waals surface area contributed by atoms with Crippen molar-refractivity contribution in [1.82, 2.24) is 97.6 Å². The molecule has 44 nitrogen and oxygen atoms in total. The number of imidazole rings is 1. The van der Waals surface area contributed by atoms with Crippen molar-refractivity contribution in [1.29, 1.82) is 0 Å². The summed E-state index contributed by atoms with van der Waals surface area (Å²) in [6.45, 7) is 0.886. The van der Waals surface area contributed by atoms with Crippen LogP contribution >= 0.6 is 11.8 Å². The molecule has 0 spiro atoms. The standard InChI is InChI=1S/C91H123N21O23S/c1-5-7-22-69-83(127)100-60(21-15-32-92)79(123)107-68(78(122)97-44-74(93)116)47-136-48-75(117)99-64(35-50-26-28-54(114)29-27-50)89(133)110-33-14-13-24-70(110)85(129)105-66(40-77(120)121)90(134)111-34-16-25-71(111)84(128)103-63(38-53-43-94-49-98-53)81(125)101-61(30-31-76(118)119)88(132)112-45-55(115)39-73(112)86(130)102-62(36-51-41-95-58-19-11-9-17-56(51)58)80(124)106-67(46-113)82(126)104-65(37-52-42-96-59-20-12-10-18-57(52)59)87(131)109(4)72(23-8-6-2)91(135)108(69)3/h9-12,17-20,26-29,41-43,49,55,60-73,95-96,113-115H,5-8,13-16,21-25,30-40,44-48,92H2,1-4H3,(H2,93,116)(H,94,98)(H,97,122)(H,99,117)(H,100,127)(H,101,125)(H,102,130)(H,103,128)(H,104,126)(H,105,129)(H,106,124)(H,107,123)(H,118,119)(H,120,121)/t55-,60+,61+,62+,63+,64+,65+,66+,67+,68+,69+,70+,71+,72+,73+/m1/s1. The lowest BCUT2D eigenvalue weighted by Gasteiger charge is -2.38. The van der Waals surface area contributed by atoms with Crippen molar-refractivity contribution < 1.29 is 112 Å². The summed E-state index contributed by atoms with van der Waals surface area (Å²) in [5.41, 5.74) is 14.1. The van der Waals surface area contributed by atoms with E-state index in [0.29, 0.717) is 77.0 Å². The number of carboxylic acid groups (broad SMARTS) is 2. The van der Waals surface area contributed by atoms with E-state index in [1.165, 1.54) is 50.9 Å². The second-order valence-electron chi connectivity index (χ2n) is 34.6. The first-order valence-electron chi connectivity index (χ1n) is 45.7. The molecule has 22 N–H and O–H groups in total. The van der Waals surface area contributed by atoms with E-state index in [0.717, 1.165) is 36.3 Å². The number of aliphatic hydroxyl groups excluding tert-OH is 2. The maximum atomic E-state index is 15.7. The van der Waals surface area contributed by atoms with Crippen LogP contribution in [-0.2, 0) is 112 Å². The summed E-state index contributed by atoms with van der Waals surface area (Å²) in [4.78, 5) is 282. The van der Waals surface area contributed by atoms with Gasteiger partial charge in [0.2, 0.25) is 94.5 Å². The summed E-state index contributed by atoms with van der Waals surface area (Å²) < 4.78 is 0. The zero-order valence-corrected chi connectivity index (χ0v) is 77.1. The number of benzene rings is 3. The van der Waals surface area contributed by atoms with Gasteiger partial charge in [0.15, 0.2) is 0 Å². The smallest absolute Gasteiger partial charge is 0.305 e. The minimum absolute atomic E-state index is 0.00611. The van der Waals surface area contributed by atoms with Crippen LogP contribution in [0.5, 0.6) is 5.75 Å². The van der Waals surface area contributed by atoms with Crippen LogP contribution in [0, 0.1) is 0 Å². The van der Waals surface area contributed by atoms with Gasteiger partial charge < -0.3 is 130 Å². The van der Waals surface area contributed by atoms with Gasteiger partial charge in [-0.2, -0.15) is 0 Å². The third kappa shape index (κ3) is 28.3. The number of nitrogens with one attached hydrogen (secondary N) is 13. The lowest BCUT2D eigenvalue weighted by atomic mass is 9.97. The molecule has 0 unspecified atom stereocenters. The van der Waals surface area contributed by atoms with Crippen LogP contribution < -0.4 is 64.6 Å². The fourth-order valence-electron chi connectivity index (χ4n) is 17.4. The first-order valence-corrected chi connectivity index (χ1v) is 46.8. The maximum absolute atomic E-state index is 15.7. The Morgan fingerprint density at radius 3 is 1.63 bits per heavy atom. The number of aromatic amines is 3. The number of phenols is 1. The molecule has 4 aliphatic heterocycles. The molecule has 6 aromatic rings. The Balaban J connectivity index is 1.02. The van der Waals surface area contributed by atoms with Gasteiger partial charge in [0.1, 0.15) is 90.3 Å². The number of piperidine rings is 1. The predicted molar refractivity (Wildman–Crippen MR) is 492 cm³/mol. The molecule has 0 saturated carbocycles. The summed E-state index contributed by atoms with van der Waals surface area (Å²) in [6.07, 6.45) is 2.09. The fraction of sp³-hybridized carbons (Fsp3) is 0.527. The quantitative estimate of drug-likeness (QED) is 0.0267. The molecule has 736 valence electrons. The molecule has 16 amide bonds. The highest BCUT2D eigenvalue weighted by Crippen LogP contribution is 2.29. The Labute approximate surface area is 787 Å².